The first-order valence-electron chi connectivity index (χ1n) is 13.2. The summed E-state index contributed by atoms with van der Waals surface area (Å²) in [6.45, 7) is 3.93. The molecule has 40 heavy (non-hydrogen) atoms. The maximum Gasteiger partial charge on any atom is 0.232 e. The average molecular weight is 558 g/mol. The van der Waals surface area contributed by atoms with Gasteiger partial charge in [-0.15, -0.1) is 0 Å². The number of aliphatic hydroxyl groups is 1. The molecule has 0 saturated heterocycles. The molecule has 0 saturated carbocycles. The lowest BCUT2D eigenvalue weighted by Crippen LogP contribution is -2.41. The van der Waals surface area contributed by atoms with E-state index in [1.807, 2.05) is 98.8 Å². The predicted octanol–water partition coefficient (Wildman–Crippen LogP) is 6.90. The standard InChI is InChI=1S/C33H32ClNO5/c1-20(2)40-30-19-28-24(17-29(30)39-4)18-31(36)35(32(28)21-8-12-25(34)13-9-21)26-14-10-22(11-15-26)33(37)23-6-5-7-27(16-23)38-3/h5-17,19-20,32-33,37H,18H2,1-4H3/t32?,33-/m0/s1. The largest absolute Gasteiger partial charge is 0.497 e. The molecule has 4 aromatic carbocycles. The lowest BCUT2D eigenvalue weighted by Gasteiger charge is -2.38. The molecule has 1 unspecified atom stereocenters. The highest BCUT2D eigenvalue weighted by atomic mass is 35.5. The van der Waals surface area contributed by atoms with Crippen LogP contribution in [0.1, 0.15) is 53.8 Å². The molecule has 0 radical (unpaired) electrons. The summed E-state index contributed by atoms with van der Waals surface area (Å²) in [7, 11) is 3.20. The molecule has 5 rings (SSSR count). The van der Waals surface area contributed by atoms with E-state index in [2.05, 4.69) is 0 Å². The Kier molecular flexibility index (Phi) is 8.01. The molecule has 6 nitrogen and oxygen atoms in total. The molecule has 2 atom stereocenters. The first kappa shape index (κ1) is 27.6. The number of carbonyl (C=O) groups is 1. The maximum atomic E-state index is 13.7. The second-order valence-electron chi connectivity index (χ2n) is 10.0. The van der Waals surface area contributed by atoms with Crippen molar-refractivity contribution in [3.63, 3.8) is 0 Å². The van der Waals surface area contributed by atoms with E-state index in [1.165, 1.54) is 0 Å². The molecule has 1 amide bonds. The van der Waals surface area contributed by atoms with E-state index < -0.39 is 12.1 Å². The van der Waals surface area contributed by atoms with Gasteiger partial charge in [0.15, 0.2) is 11.5 Å². The van der Waals surface area contributed by atoms with E-state index in [0.29, 0.717) is 27.8 Å². The van der Waals surface area contributed by atoms with E-state index in [4.69, 9.17) is 25.8 Å². The van der Waals surface area contributed by atoms with Gasteiger partial charge in [-0.25, -0.2) is 0 Å². The normalized spacial score (nSPS) is 15.5. The Bertz CT molecular complexity index is 1500. The van der Waals surface area contributed by atoms with Crippen LogP contribution in [0.25, 0.3) is 0 Å². The fourth-order valence-corrected chi connectivity index (χ4v) is 5.28. The summed E-state index contributed by atoms with van der Waals surface area (Å²) < 4.78 is 17.0. The zero-order valence-corrected chi connectivity index (χ0v) is 23.7. The molecule has 7 heteroatoms. The van der Waals surface area contributed by atoms with Crippen LogP contribution in [0.5, 0.6) is 17.2 Å². The Morgan fingerprint density at radius 1 is 0.875 bits per heavy atom. The second-order valence-corrected chi connectivity index (χ2v) is 10.5. The van der Waals surface area contributed by atoms with Crippen molar-refractivity contribution in [3.05, 3.63) is 118 Å². The number of nitrogens with zero attached hydrogens (tertiary/aromatic N) is 1. The first-order chi connectivity index (χ1) is 19.3. The molecule has 0 bridgehead atoms. The number of fused-ring (bicyclic) bond motifs is 1. The number of benzene rings is 4. The van der Waals surface area contributed by atoms with Crippen LogP contribution < -0.4 is 19.1 Å². The van der Waals surface area contributed by atoms with Gasteiger partial charge in [-0.3, -0.25) is 4.79 Å². The van der Waals surface area contributed by atoms with E-state index in [0.717, 1.165) is 27.9 Å². The number of aliphatic hydroxyl groups excluding tert-OH is 1. The van der Waals surface area contributed by atoms with Crippen LogP contribution in [-0.2, 0) is 11.2 Å². The van der Waals surface area contributed by atoms with Crippen LogP contribution in [0.2, 0.25) is 5.02 Å². The number of halogens is 1. The first-order valence-corrected chi connectivity index (χ1v) is 13.5. The number of anilines is 1. The summed E-state index contributed by atoms with van der Waals surface area (Å²) in [5, 5.41) is 11.6. The Hall–Kier alpha value is -4.00. The van der Waals surface area contributed by atoms with Crippen molar-refractivity contribution in [3.8, 4) is 17.2 Å². The summed E-state index contributed by atoms with van der Waals surface area (Å²) in [5.41, 5.74) is 4.92. The lowest BCUT2D eigenvalue weighted by molar-refractivity contribution is -0.118. The van der Waals surface area contributed by atoms with E-state index in [-0.39, 0.29) is 18.4 Å². The summed E-state index contributed by atoms with van der Waals surface area (Å²) in [6, 6.07) is 25.8. The van der Waals surface area contributed by atoms with Crippen molar-refractivity contribution >= 4 is 23.2 Å². The van der Waals surface area contributed by atoms with Crippen molar-refractivity contribution in [2.45, 2.75) is 38.5 Å². The third-order valence-electron chi connectivity index (χ3n) is 7.03. The van der Waals surface area contributed by atoms with Crippen LogP contribution in [0, 0.1) is 0 Å². The number of methoxy groups -OCH3 is 2. The summed E-state index contributed by atoms with van der Waals surface area (Å²) >= 11 is 6.22. The highest BCUT2D eigenvalue weighted by molar-refractivity contribution is 6.30. The SMILES string of the molecule is COc1cccc([C@@H](O)c2ccc(N3C(=O)Cc4cc(OC)c(OC(C)C)cc4C3c3ccc(Cl)cc3)cc2)c1. The molecular weight excluding hydrogens is 526 g/mol. The molecule has 0 fully saturated rings. The van der Waals surface area contributed by atoms with Gasteiger partial charge < -0.3 is 24.2 Å². The molecule has 0 aromatic heterocycles. The Labute approximate surface area is 239 Å². The van der Waals surface area contributed by atoms with Crippen molar-refractivity contribution in [2.75, 3.05) is 19.1 Å². The van der Waals surface area contributed by atoms with Crippen LogP contribution in [-0.4, -0.2) is 31.3 Å². The van der Waals surface area contributed by atoms with E-state index >= 15 is 0 Å². The zero-order valence-electron chi connectivity index (χ0n) is 22.9. The molecule has 1 aliphatic heterocycles. The number of ether oxygens (including phenoxy) is 3. The Morgan fingerprint density at radius 2 is 1.60 bits per heavy atom. The molecule has 1 aliphatic rings. The highest BCUT2D eigenvalue weighted by Gasteiger charge is 2.36. The summed E-state index contributed by atoms with van der Waals surface area (Å²) in [5.74, 6) is 1.85. The minimum atomic E-state index is -0.836. The van der Waals surface area contributed by atoms with Gasteiger partial charge >= 0.3 is 0 Å². The molecule has 206 valence electrons. The van der Waals surface area contributed by atoms with Crippen molar-refractivity contribution in [1.29, 1.82) is 0 Å². The second kappa shape index (κ2) is 11.6. The van der Waals surface area contributed by atoms with Crippen LogP contribution in [0.3, 0.4) is 0 Å². The quantitative estimate of drug-likeness (QED) is 0.255. The minimum absolute atomic E-state index is 0.0480. The fourth-order valence-electron chi connectivity index (χ4n) is 5.15. The summed E-state index contributed by atoms with van der Waals surface area (Å²) in [6.07, 6.45) is -0.672. The van der Waals surface area contributed by atoms with Crippen LogP contribution in [0.15, 0.2) is 84.9 Å². The number of amides is 1. The third kappa shape index (κ3) is 5.51. The zero-order chi connectivity index (χ0) is 28.4. The lowest BCUT2D eigenvalue weighted by atomic mass is 9.86. The van der Waals surface area contributed by atoms with Gasteiger partial charge in [-0.05, 0) is 90.2 Å². The molecule has 0 spiro atoms. The van der Waals surface area contributed by atoms with E-state index in [1.54, 1.807) is 19.1 Å². The maximum absolute atomic E-state index is 13.7. The predicted molar refractivity (Wildman–Crippen MR) is 157 cm³/mol. The molecule has 1 heterocycles. The molecule has 1 N–H and O–H groups in total. The number of hydrogen-bond donors (Lipinski definition) is 1. The van der Waals surface area contributed by atoms with Gasteiger partial charge in [-0.1, -0.05) is 48.0 Å². The van der Waals surface area contributed by atoms with Crippen molar-refractivity contribution in [2.24, 2.45) is 0 Å². The van der Waals surface area contributed by atoms with Gasteiger partial charge in [0, 0.05) is 10.7 Å². The third-order valence-corrected chi connectivity index (χ3v) is 7.29. The van der Waals surface area contributed by atoms with Gasteiger partial charge in [0.25, 0.3) is 0 Å². The van der Waals surface area contributed by atoms with Crippen LogP contribution in [0.4, 0.5) is 5.69 Å². The average Bonchev–Trinajstić information content (AvgIpc) is 2.96. The number of carbonyl (C=O) groups excluding carboxylic acids is 1. The van der Waals surface area contributed by atoms with Gasteiger partial charge in [0.1, 0.15) is 11.9 Å². The van der Waals surface area contributed by atoms with Gasteiger partial charge in [-0.2, -0.15) is 0 Å². The highest BCUT2D eigenvalue weighted by Crippen LogP contribution is 2.44. The topological polar surface area (TPSA) is 68.2 Å². The van der Waals surface area contributed by atoms with Crippen molar-refractivity contribution in [1.82, 2.24) is 0 Å². The summed E-state index contributed by atoms with van der Waals surface area (Å²) in [4.78, 5) is 15.6. The van der Waals surface area contributed by atoms with E-state index in [9.17, 15) is 9.90 Å². The van der Waals surface area contributed by atoms with Crippen molar-refractivity contribution < 1.29 is 24.1 Å². The van der Waals surface area contributed by atoms with Crippen LogP contribution >= 0.6 is 11.6 Å². The monoisotopic (exact) mass is 557 g/mol. The van der Waals surface area contributed by atoms with Gasteiger partial charge in [0.05, 0.1) is 32.8 Å². The molecular formula is C33H32ClNO5. The molecule has 0 aliphatic carbocycles. The number of rotatable bonds is 8. The van der Waals surface area contributed by atoms with Gasteiger partial charge in [0.2, 0.25) is 5.91 Å². The Morgan fingerprint density at radius 3 is 2.25 bits per heavy atom. The smallest absolute Gasteiger partial charge is 0.232 e. The minimum Gasteiger partial charge on any atom is -0.497 e. The number of hydrogen-bond acceptors (Lipinski definition) is 5. The fraction of sp³-hybridized carbons (Fsp3) is 0.242. The Balaban J connectivity index is 1.57. The molecule has 4 aromatic rings.